The Bertz CT molecular complexity index is 1040. The Labute approximate surface area is 164 Å². The van der Waals surface area contributed by atoms with Crippen molar-refractivity contribution in [1.29, 1.82) is 0 Å². The van der Waals surface area contributed by atoms with Crippen LogP contribution in [0.3, 0.4) is 0 Å². The smallest absolute Gasteiger partial charge is 0.259 e. The summed E-state index contributed by atoms with van der Waals surface area (Å²) in [6.45, 7) is 4.57. The summed E-state index contributed by atoms with van der Waals surface area (Å²) in [6, 6.07) is 15.0. The lowest BCUT2D eigenvalue weighted by Gasteiger charge is -2.18. The molecule has 0 aliphatic carbocycles. The van der Waals surface area contributed by atoms with E-state index in [4.69, 9.17) is 0 Å². The van der Waals surface area contributed by atoms with Gasteiger partial charge in [0, 0.05) is 35.9 Å². The molecule has 28 heavy (non-hydrogen) atoms. The van der Waals surface area contributed by atoms with Crippen molar-refractivity contribution in [3.8, 4) is 0 Å². The number of carbonyl (C=O) groups excluding carboxylic acids is 2. The number of rotatable bonds is 3. The fourth-order valence-electron chi connectivity index (χ4n) is 3.62. The zero-order valence-electron chi connectivity index (χ0n) is 15.9. The summed E-state index contributed by atoms with van der Waals surface area (Å²) < 4.78 is 0. The molecule has 0 saturated heterocycles. The molecule has 1 aliphatic rings. The van der Waals surface area contributed by atoms with E-state index in [9.17, 15) is 9.59 Å². The number of nitrogens with zero attached hydrogens (tertiary/aromatic N) is 2. The summed E-state index contributed by atoms with van der Waals surface area (Å²) >= 11 is 0. The molecule has 2 heterocycles. The maximum Gasteiger partial charge on any atom is 0.259 e. The first kappa shape index (κ1) is 17.9. The summed E-state index contributed by atoms with van der Waals surface area (Å²) in [6.07, 6.45) is 4.02. The molecule has 5 nitrogen and oxygen atoms in total. The predicted molar refractivity (Wildman–Crippen MR) is 110 cm³/mol. The van der Waals surface area contributed by atoms with Gasteiger partial charge in [-0.25, -0.2) is 0 Å². The van der Waals surface area contributed by atoms with Crippen LogP contribution in [0.4, 0.5) is 11.4 Å². The molecular weight excluding hydrogens is 350 g/mol. The summed E-state index contributed by atoms with van der Waals surface area (Å²) in [5, 5.41) is 2.95. The molecule has 4 rings (SSSR count). The first-order valence-electron chi connectivity index (χ1n) is 9.26. The van der Waals surface area contributed by atoms with Gasteiger partial charge in [-0.15, -0.1) is 0 Å². The number of amides is 2. The van der Waals surface area contributed by atoms with E-state index >= 15 is 0 Å². The molecule has 2 aromatic carbocycles. The fourth-order valence-corrected chi connectivity index (χ4v) is 3.62. The highest BCUT2D eigenvalue weighted by atomic mass is 16.2. The Balaban J connectivity index is 1.58. The maximum absolute atomic E-state index is 12.8. The van der Waals surface area contributed by atoms with Crippen LogP contribution in [0.15, 0.2) is 60.9 Å². The molecule has 0 unspecified atom stereocenters. The summed E-state index contributed by atoms with van der Waals surface area (Å²) in [7, 11) is 0. The topological polar surface area (TPSA) is 62.3 Å². The third kappa shape index (κ3) is 3.51. The van der Waals surface area contributed by atoms with Gasteiger partial charge in [-0.3, -0.25) is 14.6 Å². The summed E-state index contributed by atoms with van der Waals surface area (Å²) in [5.74, 6) is -0.237. The number of nitrogens with one attached hydrogen (secondary N) is 1. The van der Waals surface area contributed by atoms with Crippen molar-refractivity contribution in [2.45, 2.75) is 20.3 Å². The van der Waals surface area contributed by atoms with E-state index in [-0.39, 0.29) is 11.8 Å². The van der Waals surface area contributed by atoms with Gasteiger partial charge in [0.25, 0.3) is 11.8 Å². The molecule has 3 aromatic rings. The Hall–Kier alpha value is -3.47. The third-order valence-electron chi connectivity index (χ3n) is 4.88. The van der Waals surface area contributed by atoms with Gasteiger partial charge in [0.15, 0.2) is 0 Å². The van der Waals surface area contributed by atoms with Crippen molar-refractivity contribution in [2.24, 2.45) is 0 Å². The van der Waals surface area contributed by atoms with E-state index < -0.39 is 0 Å². The zero-order valence-corrected chi connectivity index (χ0v) is 15.9. The molecule has 0 bridgehead atoms. The quantitative estimate of drug-likeness (QED) is 0.752. The number of benzene rings is 2. The number of hydrogen-bond acceptors (Lipinski definition) is 3. The van der Waals surface area contributed by atoms with Crippen molar-refractivity contribution in [3.05, 3.63) is 88.7 Å². The normalized spacial score (nSPS) is 12.6. The average molecular weight is 371 g/mol. The van der Waals surface area contributed by atoms with Gasteiger partial charge in [-0.05, 0) is 62.2 Å². The minimum atomic E-state index is -0.158. The second-order valence-corrected chi connectivity index (χ2v) is 7.12. The summed E-state index contributed by atoms with van der Waals surface area (Å²) in [5.41, 5.74) is 5.89. The van der Waals surface area contributed by atoms with Crippen LogP contribution in [0.25, 0.3) is 0 Å². The van der Waals surface area contributed by atoms with Crippen LogP contribution >= 0.6 is 0 Å². The predicted octanol–water partition coefficient (Wildman–Crippen LogP) is 4.15. The van der Waals surface area contributed by atoms with E-state index in [1.54, 1.807) is 29.4 Å². The highest BCUT2D eigenvalue weighted by Gasteiger charge is 2.26. The van der Waals surface area contributed by atoms with E-state index in [0.717, 1.165) is 28.8 Å². The first-order valence-corrected chi connectivity index (χ1v) is 9.26. The maximum atomic E-state index is 12.8. The monoisotopic (exact) mass is 371 g/mol. The number of fused-ring (bicyclic) bond motifs is 1. The second-order valence-electron chi connectivity index (χ2n) is 7.12. The lowest BCUT2D eigenvalue weighted by molar-refractivity contribution is 0.0987. The van der Waals surface area contributed by atoms with E-state index in [0.29, 0.717) is 23.4 Å². The molecule has 5 heteroatoms. The van der Waals surface area contributed by atoms with Crippen LogP contribution in [0, 0.1) is 13.8 Å². The highest BCUT2D eigenvalue weighted by molar-refractivity contribution is 6.08. The molecule has 0 fully saturated rings. The van der Waals surface area contributed by atoms with Crippen molar-refractivity contribution in [2.75, 3.05) is 16.8 Å². The van der Waals surface area contributed by atoms with Gasteiger partial charge in [0.2, 0.25) is 0 Å². The van der Waals surface area contributed by atoms with Gasteiger partial charge in [-0.1, -0.05) is 23.3 Å². The summed E-state index contributed by atoms with van der Waals surface area (Å²) in [4.78, 5) is 31.3. The minimum Gasteiger partial charge on any atom is -0.322 e. The molecular formula is C23H21N3O2. The largest absolute Gasteiger partial charge is 0.322 e. The lowest BCUT2D eigenvalue weighted by Crippen LogP contribution is -2.29. The number of carbonyl (C=O) groups is 2. The molecule has 1 aromatic heterocycles. The minimum absolute atomic E-state index is 0.0790. The SMILES string of the molecule is Cc1cc(C)cc(C(=O)Nc2ccc3c(c2)N(C(=O)c2cccnc2)CC3)c1. The van der Waals surface area contributed by atoms with Crippen LogP contribution in [-0.2, 0) is 6.42 Å². The van der Waals surface area contributed by atoms with Crippen molar-refractivity contribution < 1.29 is 9.59 Å². The molecule has 0 radical (unpaired) electrons. The molecule has 1 N–H and O–H groups in total. The molecule has 2 amide bonds. The van der Waals surface area contributed by atoms with E-state index in [1.165, 1.54) is 0 Å². The number of aryl methyl sites for hydroxylation is 2. The van der Waals surface area contributed by atoms with Crippen molar-refractivity contribution in [1.82, 2.24) is 4.98 Å². The molecule has 1 aliphatic heterocycles. The van der Waals surface area contributed by atoms with E-state index in [2.05, 4.69) is 10.3 Å². The van der Waals surface area contributed by atoms with Crippen molar-refractivity contribution >= 4 is 23.2 Å². The zero-order chi connectivity index (χ0) is 19.7. The third-order valence-corrected chi connectivity index (χ3v) is 4.88. The van der Waals surface area contributed by atoms with Gasteiger partial charge in [-0.2, -0.15) is 0 Å². The molecule has 0 spiro atoms. The first-order chi connectivity index (χ1) is 13.5. The number of hydrogen-bond donors (Lipinski definition) is 1. The Kier molecular flexibility index (Phi) is 4.65. The standard InChI is InChI=1S/C23H21N3O2/c1-15-10-16(2)12-19(11-15)22(27)25-20-6-5-17-7-9-26(21(17)13-20)23(28)18-4-3-8-24-14-18/h3-6,8,10-14H,7,9H2,1-2H3,(H,25,27). The van der Waals surface area contributed by atoms with Crippen LogP contribution in [0.2, 0.25) is 0 Å². The van der Waals surface area contributed by atoms with Crippen LogP contribution in [0.5, 0.6) is 0 Å². The van der Waals surface area contributed by atoms with Gasteiger partial charge in [0.05, 0.1) is 5.56 Å². The van der Waals surface area contributed by atoms with Gasteiger partial charge < -0.3 is 10.2 Å². The fraction of sp³-hybridized carbons (Fsp3) is 0.174. The molecule has 0 saturated carbocycles. The Morgan fingerprint density at radius 3 is 2.50 bits per heavy atom. The average Bonchev–Trinajstić information content (AvgIpc) is 3.10. The van der Waals surface area contributed by atoms with Crippen LogP contribution < -0.4 is 10.2 Å². The lowest BCUT2D eigenvalue weighted by atomic mass is 10.1. The number of pyridine rings is 1. The van der Waals surface area contributed by atoms with Crippen LogP contribution in [0.1, 0.15) is 37.4 Å². The Morgan fingerprint density at radius 1 is 1.00 bits per heavy atom. The number of anilines is 2. The molecule has 0 atom stereocenters. The molecule has 140 valence electrons. The van der Waals surface area contributed by atoms with Crippen LogP contribution in [-0.4, -0.2) is 23.3 Å². The Morgan fingerprint density at radius 2 is 1.79 bits per heavy atom. The van der Waals surface area contributed by atoms with E-state index in [1.807, 2.05) is 50.2 Å². The second kappa shape index (κ2) is 7.27. The number of aromatic nitrogens is 1. The van der Waals surface area contributed by atoms with Gasteiger partial charge >= 0.3 is 0 Å². The van der Waals surface area contributed by atoms with Gasteiger partial charge in [0.1, 0.15) is 0 Å². The highest BCUT2D eigenvalue weighted by Crippen LogP contribution is 2.32. The van der Waals surface area contributed by atoms with Crippen molar-refractivity contribution in [3.63, 3.8) is 0 Å².